The lowest BCUT2D eigenvalue weighted by molar-refractivity contribution is 0.145. The third-order valence-electron chi connectivity index (χ3n) is 4.08. The molecular weight excluding hydrogens is 240 g/mol. The molecule has 0 aromatic carbocycles. The van der Waals surface area contributed by atoms with Crippen LogP contribution in [0.15, 0.2) is 0 Å². The van der Waals surface area contributed by atoms with Crippen molar-refractivity contribution in [3.05, 3.63) is 0 Å². The molecule has 0 amide bonds. The minimum absolute atomic E-state index is 0.273. The van der Waals surface area contributed by atoms with E-state index >= 15 is 0 Å². The Bertz CT molecular complexity index is 209. The Hall–Kier alpha value is 0.137. The number of unbranched alkanes of at least 4 members (excludes halogenated alkanes) is 2. The van der Waals surface area contributed by atoms with Crippen LogP contribution in [0.4, 0.5) is 0 Å². The quantitative estimate of drug-likeness (QED) is 0.486. The minimum atomic E-state index is -1.66. The van der Waals surface area contributed by atoms with Gasteiger partial charge in [0.05, 0.1) is 0 Å². The van der Waals surface area contributed by atoms with Gasteiger partial charge in [-0.25, -0.2) is 0 Å². The van der Waals surface area contributed by atoms with Crippen LogP contribution in [0.25, 0.3) is 0 Å². The van der Waals surface area contributed by atoms with Gasteiger partial charge in [-0.3, -0.25) is 0 Å². The third-order valence-corrected chi connectivity index (χ3v) is 8.62. The second kappa shape index (κ2) is 8.34. The Balaban J connectivity index is 4.37. The van der Waals surface area contributed by atoms with Crippen LogP contribution in [0.3, 0.4) is 0 Å². The van der Waals surface area contributed by atoms with Crippen LogP contribution in [0.2, 0.25) is 18.1 Å². The van der Waals surface area contributed by atoms with E-state index in [1.54, 1.807) is 0 Å². The molecule has 0 bridgehead atoms. The number of aliphatic hydroxyl groups excluding tert-OH is 1. The number of hydrogen-bond acceptors (Lipinski definition) is 2. The van der Waals surface area contributed by atoms with Crippen LogP contribution >= 0.6 is 0 Å². The molecule has 3 heteroatoms. The number of rotatable bonds is 9. The highest BCUT2D eigenvalue weighted by Crippen LogP contribution is 2.38. The van der Waals surface area contributed by atoms with Crippen molar-refractivity contribution in [2.45, 2.75) is 90.5 Å². The fourth-order valence-electron chi connectivity index (χ4n) is 1.80. The summed E-state index contributed by atoms with van der Waals surface area (Å²) in [6, 6.07) is 0. The predicted octanol–water partition coefficient (Wildman–Crippen LogP) is 4.73. The Labute approximate surface area is 115 Å². The fraction of sp³-hybridized carbons (Fsp3) is 1.00. The molecule has 1 N–H and O–H groups in total. The summed E-state index contributed by atoms with van der Waals surface area (Å²) in [4.78, 5) is 0. The van der Waals surface area contributed by atoms with Crippen molar-refractivity contribution < 1.29 is 9.53 Å². The van der Waals surface area contributed by atoms with E-state index in [4.69, 9.17) is 9.53 Å². The number of aliphatic hydroxyl groups is 1. The molecule has 2 nitrogen and oxygen atoms in total. The van der Waals surface area contributed by atoms with E-state index in [-0.39, 0.29) is 11.6 Å². The first-order chi connectivity index (χ1) is 8.24. The van der Waals surface area contributed by atoms with Gasteiger partial charge in [0, 0.05) is 12.7 Å². The SMILES string of the molecule is CCCCC[C@H](CCCO)O[Si](C)(C)C(C)(C)C. The van der Waals surface area contributed by atoms with Gasteiger partial charge in [-0.2, -0.15) is 0 Å². The zero-order valence-electron chi connectivity index (χ0n) is 13.4. The van der Waals surface area contributed by atoms with Crippen molar-refractivity contribution in [3.8, 4) is 0 Å². The van der Waals surface area contributed by atoms with Crippen LogP contribution in [0.1, 0.15) is 66.2 Å². The maximum atomic E-state index is 9.00. The first kappa shape index (κ1) is 18.1. The molecule has 0 aromatic rings. The second-order valence-corrected chi connectivity index (χ2v) is 11.6. The molecule has 0 heterocycles. The Morgan fingerprint density at radius 1 is 1.06 bits per heavy atom. The van der Waals surface area contributed by atoms with Crippen LogP contribution in [0, 0.1) is 0 Å². The van der Waals surface area contributed by atoms with Crippen molar-refractivity contribution in [1.82, 2.24) is 0 Å². The van der Waals surface area contributed by atoms with Gasteiger partial charge < -0.3 is 9.53 Å². The van der Waals surface area contributed by atoms with Crippen LogP contribution in [-0.2, 0) is 4.43 Å². The fourth-order valence-corrected chi connectivity index (χ4v) is 3.22. The highest BCUT2D eigenvalue weighted by Gasteiger charge is 2.38. The molecule has 0 aliphatic carbocycles. The summed E-state index contributed by atoms with van der Waals surface area (Å²) in [7, 11) is -1.66. The van der Waals surface area contributed by atoms with Gasteiger partial charge in [-0.15, -0.1) is 0 Å². The molecule has 0 aromatic heterocycles. The van der Waals surface area contributed by atoms with Crippen molar-refractivity contribution >= 4 is 8.32 Å². The van der Waals surface area contributed by atoms with E-state index in [1.807, 2.05) is 0 Å². The van der Waals surface area contributed by atoms with Crippen molar-refractivity contribution in [2.75, 3.05) is 6.61 Å². The van der Waals surface area contributed by atoms with Crippen LogP contribution in [-0.4, -0.2) is 26.1 Å². The maximum absolute atomic E-state index is 9.00. The summed E-state index contributed by atoms with van der Waals surface area (Å²) in [5.74, 6) is 0. The highest BCUT2D eigenvalue weighted by atomic mass is 28.4. The topological polar surface area (TPSA) is 29.5 Å². The van der Waals surface area contributed by atoms with Gasteiger partial charge in [-0.05, 0) is 37.4 Å². The summed E-state index contributed by atoms with van der Waals surface area (Å²) in [6.45, 7) is 14.0. The van der Waals surface area contributed by atoms with Gasteiger partial charge in [0.15, 0.2) is 8.32 Å². The van der Waals surface area contributed by atoms with Crippen molar-refractivity contribution in [3.63, 3.8) is 0 Å². The number of hydrogen-bond donors (Lipinski definition) is 1. The predicted molar refractivity (Wildman–Crippen MR) is 82.5 cm³/mol. The second-order valence-electron chi connectivity index (χ2n) is 6.86. The molecule has 0 aliphatic rings. The summed E-state index contributed by atoms with van der Waals surface area (Å²) in [6.07, 6.45) is 7.17. The molecule has 0 unspecified atom stereocenters. The van der Waals surface area contributed by atoms with Gasteiger partial charge in [0.1, 0.15) is 0 Å². The minimum Gasteiger partial charge on any atom is -0.414 e. The van der Waals surface area contributed by atoms with Gasteiger partial charge in [0.2, 0.25) is 0 Å². The third kappa shape index (κ3) is 6.91. The molecule has 0 fully saturated rings. The Kier molecular flexibility index (Phi) is 8.40. The smallest absolute Gasteiger partial charge is 0.192 e. The van der Waals surface area contributed by atoms with Gasteiger partial charge >= 0.3 is 0 Å². The van der Waals surface area contributed by atoms with Gasteiger partial charge in [-0.1, -0.05) is 47.0 Å². The molecule has 1 atom stereocenters. The van der Waals surface area contributed by atoms with E-state index in [0.29, 0.717) is 6.10 Å². The normalized spacial score (nSPS) is 14.8. The first-order valence-electron chi connectivity index (χ1n) is 7.53. The van der Waals surface area contributed by atoms with E-state index in [0.717, 1.165) is 19.3 Å². The molecule has 0 spiro atoms. The summed E-state index contributed by atoms with van der Waals surface area (Å²) in [5.41, 5.74) is 0. The monoisotopic (exact) mass is 274 g/mol. The van der Waals surface area contributed by atoms with E-state index in [9.17, 15) is 0 Å². The molecule has 0 saturated carbocycles. The Morgan fingerprint density at radius 2 is 1.61 bits per heavy atom. The van der Waals surface area contributed by atoms with Crippen LogP contribution in [0.5, 0.6) is 0 Å². The van der Waals surface area contributed by atoms with Crippen molar-refractivity contribution in [2.24, 2.45) is 0 Å². The summed E-state index contributed by atoms with van der Waals surface area (Å²) >= 11 is 0. The lowest BCUT2D eigenvalue weighted by Crippen LogP contribution is -2.44. The molecule has 0 saturated heterocycles. The average molecular weight is 275 g/mol. The highest BCUT2D eigenvalue weighted by molar-refractivity contribution is 6.74. The summed E-state index contributed by atoms with van der Waals surface area (Å²) in [5, 5.41) is 9.27. The molecule has 110 valence electrons. The largest absolute Gasteiger partial charge is 0.414 e. The lowest BCUT2D eigenvalue weighted by Gasteiger charge is -2.39. The van der Waals surface area contributed by atoms with Crippen LogP contribution < -0.4 is 0 Å². The maximum Gasteiger partial charge on any atom is 0.192 e. The average Bonchev–Trinajstić information content (AvgIpc) is 2.24. The zero-order chi connectivity index (χ0) is 14.2. The first-order valence-corrected chi connectivity index (χ1v) is 10.4. The molecule has 0 aliphatic heterocycles. The van der Waals surface area contributed by atoms with Gasteiger partial charge in [0.25, 0.3) is 0 Å². The molecule has 18 heavy (non-hydrogen) atoms. The van der Waals surface area contributed by atoms with E-state index < -0.39 is 8.32 Å². The Morgan fingerprint density at radius 3 is 2.06 bits per heavy atom. The molecule has 0 rings (SSSR count). The van der Waals surface area contributed by atoms with E-state index in [1.165, 1.54) is 19.3 Å². The van der Waals surface area contributed by atoms with E-state index in [2.05, 4.69) is 40.8 Å². The lowest BCUT2D eigenvalue weighted by atomic mass is 10.1. The standard InChI is InChI=1S/C15H34O2Si/c1-7-8-9-11-14(12-10-13-16)17-18(5,6)15(2,3)4/h14,16H,7-13H2,1-6H3/t14-/m1/s1. The summed E-state index contributed by atoms with van der Waals surface area (Å²) < 4.78 is 6.48. The zero-order valence-corrected chi connectivity index (χ0v) is 14.4. The molecular formula is C15H34O2Si. The van der Waals surface area contributed by atoms with Crippen molar-refractivity contribution in [1.29, 1.82) is 0 Å². The molecule has 0 radical (unpaired) electrons.